The smallest absolute Gasteiger partial charge is 0.159 e. The number of nitrogens with zero attached hydrogens (tertiary/aromatic N) is 3. The Hall–Kier alpha value is -1.54. The lowest BCUT2D eigenvalue weighted by Gasteiger charge is -2.14. The molecular weight excluding hydrogens is 178 g/mol. The maximum Gasteiger partial charge on any atom is 0.159 e. The highest BCUT2D eigenvalue weighted by Gasteiger charge is 2.18. The van der Waals surface area contributed by atoms with Crippen LogP contribution in [0.4, 0.5) is 0 Å². The molecule has 0 radical (unpaired) electrons. The molecule has 1 aliphatic carbocycles. The number of carbonyl (C=O) groups is 1. The Labute approximate surface area is 82.9 Å². The first-order chi connectivity index (χ1) is 6.79. The molecule has 1 aliphatic rings. The van der Waals surface area contributed by atoms with E-state index in [1.165, 1.54) is 0 Å². The first-order valence-electron chi connectivity index (χ1n) is 4.71. The Morgan fingerprint density at radius 2 is 2.36 bits per heavy atom. The molecular formula is C10H13N3O. The first kappa shape index (κ1) is 10.5. The number of carbonyl (C=O) groups excluding carboxylic acids is 1. The quantitative estimate of drug-likeness (QED) is 0.292. The van der Waals surface area contributed by atoms with Crippen LogP contribution in [0.25, 0.3) is 10.4 Å². The van der Waals surface area contributed by atoms with Gasteiger partial charge in [0, 0.05) is 22.6 Å². The minimum atomic E-state index is 0.122. The van der Waals surface area contributed by atoms with Crippen molar-refractivity contribution in [1.29, 1.82) is 0 Å². The molecule has 0 bridgehead atoms. The van der Waals surface area contributed by atoms with Crippen molar-refractivity contribution >= 4 is 5.78 Å². The third-order valence-corrected chi connectivity index (χ3v) is 2.23. The van der Waals surface area contributed by atoms with Crippen LogP contribution in [-0.4, -0.2) is 5.78 Å². The highest BCUT2D eigenvalue weighted by Crippen LogP contribution is 2.25. The second-order valence-corrected chi connectivity index (χ2v) is 3.16. The summed E-state index contributed by atoms with van der Waals surface area (Å²) in [4.78, 5) is 14.3. The highest BCUT2D eigenvalue weighted by atomic mass is 16.1. The SMILES string of the molecule is C/C=C/CC1=C(N=[N+]=[N-])CCCC1=O. The van der Waals surface area contributed by atoms with Crippen molar-refractivity contribution in [3.8, 4) is 0 Å². The predicted octanol–water partition coefficient (Wildman–Crippen LogP) is 3.27. The number of rotatable bonds is 3. The van der Waals surface area contributed by atoms with Gasteiger partial charge < -0.3 is 0 Å². The van der Waals surface area contributed by atoms with E-state index in [0.29, 0.717) is 24.1 Å². The summed E-state index contributed by atoms with van der Waals surface area (Å²) in [6.07, 6.45) is 6.49. The van der Waals surface area contributed by atoms with Gasteiger partial charge in [-0.15, -0.1) is 0 Å². The van der Waals surface area contributed by atoms with E-state index in [2.05, 4.69) is 10.0 Å². The van der Waals surface area contributed by atoms with Gasteiger partial charge in [-0.1, -0.05) is 17.3 Å². The van der Waals surface area contributed by atoms with E-state index in [4.69, 9.17) is 5.53 Å². The summed E-state index contributed by atoms with van der Waals surface area (Å²) in [5, 5.41) is 3.57. The van der Waals surface area contributed by atoms with Crippen LogP contribution in [0.15, 0.2) is 28.5 Å². The van der Waals surface area contributed by atoms with Crippen LogP contribution < -0.4 is 0 Å². The fraction of sp³-hybridized carbons (Fsp3) is 0.500. The van der Waals surface area contributed by atoms with Crippen molar-refractivity contribution in [3.63, 3.8) is 0 Å². The number of azide groups is 1. The highest BCUT2D eigenvalue weighted by molar-refractivity contribution is 5.97. The summed E-state index contributed by atoms with van der Waals surface area (Å²) in [5.74, 6) is 0.122. The number of Topliss-reactive ketones (excluding diaryl/α,β-unsaturated/α-hetero) is 1. The predicted molar refractivity (Wildman–Crippen MR) is 54.5 cm³/mol. The van der Waals surface area contributed by atoms with Crippen LogP contribution >= 0.6 is 0 Å². The summed E-state index contributed by atoms with van der Waals surface area (Å²) in [6, 6.07) is 0. The van der Waals surface area contributed by atoms with Crippen molar-refractivity contribution in [3.05, 3.63) is 33.9 Å². The molecule has 0 amide bonds. The van der Waals surface area contributed by atoms with Gasteiger partial charge >= 0.3 is 0 Å². The third kappa shape index (κ3) is 2.47. The van der Waals surface area contributed by atoms with E-state index in [1.54, 1.807) is 0 Å². The van der Waals surface area contributed by atoms with Crippen LogP contribution in [0.3, 0.4) is 0 Å². The van der Waals surface area contributed by atoms with E-state index in [1.807, 2.05) is 19.1 Å². The second kappa shape index (κ2) is 5.25. The molecule has 0 unspecified atom stereocenters. The molecule has 74 valence electrons. The molecule has 0 N–H and O–H groups in total. The largest absolute Gasteiger partial charge is 0.295 e. The van der Waals surface area contributed by atoms with Crippen LogP contribution in [0.2, 0.25) is 0 Å². The zero-order valence-electron chi connectivity index (χ0n) is 8.23. The van der Waals surface area contributed by atoms with E-state index >= 15 is 0 Å². The minimum absolute atomic E-state index is 0.122. The maximum absolute atomic E-state index is 11.5. The molecule has 0 atom stereocenters. The summed E-state index contributed by atoms with van der Waals surface area (Å²) in [6.45, 7) is 1.90. The summed E-state index contributed by atoms with van der Waals surface area (Å²) in [7, 11) is 0. The Balaban J connectivity index is 2.96. The van der Waals surface area contributed by atoms with Gasteiger partial charge in [-0.05, 0) is 31.7 Å². The van der Waals surface area contributed by atoms with E-state index in [9.17, 15) is 4.79 Å². The van der Waals surface area contributed by atoms with E-state index in [-0.39, 0.29) is 5.78 Å². The average molecular weight is 191 g/mol. The molecule has 0 heterocycles. The fourth-order valence-electron chi connectivity index (χ4n) is 1.51. The Kier molecular flexibility index (Phi) is 3.95. The fourth-order valence-corrected chi connectivity index (χ4v) is 1.51. The molecule has 0 aromatic rings. The van der Waals surface area contributed by atoms with Crippen LogP contribution in [0.1, 0.15) is 32.6 Å². The number of hydrogen-bond donors (Lipinski definition) is 0. The molecule has 4 nitrogen and oxygen atoms in total. The monoisotopic (exact) mass is 191 g/mol. The summed E-state index contributed by atoms with van der Waals surface area (Å²) >= 11 is 0. The van der Waals surface area contributed by atoms with Gasteiger partial charge in [-0.2, -0.15) is 0 Å². The van der Waals surface area contributed by atoms with Crippen molar-refractivity contribution in [1.82, 2.24) is 0 Å². The Morgan fingerprint density at radius 1 is 1.57 bits per heavy atom. The van der Waals surface area contributed by atoms with E-state index < -0.39 is 0 Å². The standard InChI is InChI=1S/C10H13N3O/c1-2-3-5-8-9(12-13-11)6-4-7-10(8)14/h2-3H,4-7H2,1H3/b3-2+. The van der Waals surface area contributed by atoms with Gasteiger partial charge in [0.25, 0.3) is 0 Å². The lowest BCUT2D eigenvalue weighted by Crippen LogP contribution is -2.10. The molecule has 0 saturated carbocycles. The number of ketones is 1. The van der Waals surface area contributed by atoms with Gasteiger partial charge in [-0.25, -0.2) is 0 Å². The van der Waals surface area contributed by atoms with Crippen molar-refractivity contribution in [2.75, 3.05) is 0 Å². The van der Waals surface area contributed by atoms with Crippen molar-refractivity contribution < 1.29 is 4.79 Å². The molecule has 1 rings (SSSR count). The number of allylic oxidation sites excluding steroid dienone is 4. The molecule has 4 heteroatoms. The van der Waals surface area contributed by atoms with Gasteiger partial charge in [0.05, 0.1) is 0 Å². The molecule has 14 heavy (non-hydrogen) atoms. The van der Waals surface area contributed by atoms with Crippen molar-refractivity contribution in [2.45, 2.75) is 32.6 Å². The normalized spacial score (nSPS) is 17.4. The third-order valence-electron chi connectivity index (χ3n) is 2.23. The van der Waals surface area contributed by atoms with E-state index in [0.717, 1.165) is 12.8 Å². The average Bonchev–Trinajstić information content (AvgIpc) is 2.18. The Bertz CT molecular complexity index is 335. The van der Waals surface area contributed by atoms with Gasteiger partial charge in [-0.3, -0.25) is 4.79 Å². The lowest BCUT2D eigenvalue weighted by atomic mass is 9.93. The summed E-state index contributed by atoms with van der Waals surface area (Å²) < 4.78 is 0. The van der Waals surface area contributed by atoms with Crippen LogP contribution in [-0.2, 0) is 4.79 Å². The molecule has 0 saturated heterocycles. The molecule has 0 aromatic heterocycles. The van der Waals surface area contributed by atoms with Crippen molar-refractivity contribution in [2.24, 2.45) is 5.11 Å². The molecule has 0 spiro atoms. The zero-order valence-corrected chi connectivity index (χ0v) is 8.23. The summed E-state index contributed by atoms with van der Waals surface area (Å²) in [5.41, 5.74) is 9.66. The van der Waals surface area contributed by atoms with Gasteiger partial charge in [0.1, 0.15) is 0 Å². The van der Waals surface area contributed by atoms with Gasteiger partial charge in [0.15, 0.2) is 5.78 Å². The topological polar surface area (TPSA) is 65.8 Å². The van der Waals surface area contributed by atoms with Crippen LogP contribution in [0, 0.1) is 0 Å². The molecule has 0 aromatic carbocycles. The minimum Gasteiger partial charge on any atom is -0.295 e. The Morgan fingerprint density at radius 3 is 3.00 bits per heavy atom. The van der Waals surface area contributed by atoms with Crippen LogP contribution in [0.5, 0.6) is 0 Å². The zero-order chi connectivity index (χ0) is 10.4. The maximum atomic E-state index is 11.5. The molecule has 0 aliphatic heterocycles. The first-order valence-corrected chi connectivity index (χ1v) is 4.71. The lowest BCUT2D eigenvalue weighted by molar-refractivity contribution is -0.116. The van der Waals surface area contributed by atoms with Gasteiger partial charge in [0.2, 0.25) is 0 Å². The second-order valence-electron chi connectivity index (χ2n) is 3.16. The number of hydrogen-bond acceptors (Lipinski definition) is 2. The molecule has 0 fully saturated rings.